The Morgan fingerprint density at radius 3 is 2.88 bits per heavy atom. The number of anilines is 3. The van der Waals surface area contributed by atoms with Gasteiger partial charge < -0.3 is 10.6 Å². The molecule has 17 heavy (non-hydrogen) atoms. The molecule has 1 aliphatic heterocycles. The Labute approximate surface area is 96.5 Å². The fraction of sp³-hybridized carbons (Fsp3) is 0. The van der Waals surface area contributed by atoms with Gasteiger partial charge in [-0.15, -0.1) is 0 Å². The molecule has 0 bridgehead atoms. The minimum absolute atomic E-state index is 0.267. The molecule has 0 radical (unpaired) electrons. The van der Waals surface area contributed by atoms with Gasteiger partial charge in [-0.3, -0.25) is 4.79 Å². The van der Waals surface area contributed by atoms with Crippen LogP contribution in [-0.2, 0) is 0 Å². The van der Waals surface area contributed by atoms with E-state index in [9.17, 15) is 9.18 Å². The van der Waals surface area contributed by atoms with E-state index in [1.165, 1.54) is 18.2 Å². The Kier molecular flexibility index (Phi) is 2.04. The lowest BCUT2D eigenvalue weighted by atomic mass is 10.1. The Bertz CT molecular complexity index is 612. The monoisotopic (exact) mass is 229 g/mol. The summed E-state index contributed by atoms with van der Waals surface area (Å²) in [6.45, 7) is 0. The van der Waals surface area contributed by atoms with Crippen molar-refractivity contribution in [2.45, 2.75) is 0 Å². The maximum atomic E-state index is 13.1. The van der Waals surface area contributed by atoms with Crippen molar-refractivity contribution in [1.29, 1.82) is 0 Å². The van der Waals surface area contributed by atoms with Gasteiger partial charge in [0, 0.05) is 6.20 Å². The summed E-state index contributed by atoms with van der Waals surface area (Å²) in [6, 6.07) is 7.47. The van der Waals surface area contributed by atoms with Crippen molar-refractivity contribution in [3.63, 3.8) is 0 Å². The number of hydrogen-bond acceptors (Lipinski definition) is 3. The number of aromatic nitrogens is 1. The highest BCUT2D eigenvalue weighted by atomic mass is 19.1. The fourth-order valence-corrected chi connectivity index (χ4v) is 1.74. The van der Waals surface area contributed by atoms with Crippen LogP contribution in [0.3, 0.4) is 0 Å². The highest BCUT2D eigenvalue weighted by molar-refractivity contribution is 6.11. The third-order valence-corrected chi connectivity index (χ3v) is 2.54. The molecule has 5 heteroatoms. The van der Waals surface area contributed by atoms with Crippen molar-refractivity contribution >= 4 is 23.1 Å². The van der Waals surface area contributed by atoms with E-state index in [1.54, 1.807) is 18.3 Å². The molecule has 1 aliphatic rings. The maximum absolute atomic E-state index is 13.1. The fourth-order valence-electron chi connectivity index (χ4n) is 1.74. The van der Waals surface area contributed by atoms with Gasteiger partial charge in [0.15, 0.2) is 5.82 Å². The number of fused-ring (bicyclic) bond motifs is 2. The summed E-state index contributed by atoms with van der Waals surface area (Å²) >= 11 is 0. The van der Waals surface area contributed by atoms with E-state index in [2.05, 4.69) is 15.6 Å². The number of carbonyl (C=O) groups excluding carboxylic acids is 1. The molecule has 0 spiro atoms. The Hall–Kier alpha value is -2.43. The zero-order chi connectivity index (χ0) is 11.8. The first-order valence-corrected chi connectivity index (χ1v) is 5.07. The van der Waals surface area contributed by atoms with E-state index in [1.807, 2.05) is 0 Å². The highest BCUT2D eigenvalue weighted by Gasteiger charge is 2.19. The van der Waals surface area contributed by atoms with Crippen molar-refractivity contribution in [3.8, 4) is 0 Å². The lowest BCUT2D eigenvalue weighted by Crippen LogP contribution is -2.10. The first-order chi connectivity index (χ1) is 8.24. The van der Waals surface area contributed by atoms with Gasteiger partial charge in [0.25, 0.3) is 5.91 Å². The number of benzene rings is 1. The molecule has 0 fully saturated rings. The zero-order valence-corrected chi connectivity index (χ0v) is 8.70. The van der Waals surface area contributed by atoms with Crippen molar-refractivity contribution in [3.05, 3.63) is 47.9 Å². The molecule has 1 aromatic carbocycles. The van der Waals surface area contributed by atoms with E-state index >= 15 is 0 Å². The molecular weight excluding hydrogens is 221 g/mol. The third-order valence-electron chi connectivity index (χ3n) is 2.54. The normalized spacial score (nSPS) is 12.9. The third kappa shape index (κ3) is 1.61. The Morgan fingerprint density at radius 2 is 2.00 bits per heavy atom. The Balaban J connectivity index is 2.17. The molecule has 4 nitrogen and oxygen atoms in total. The molecule has 3 rings (SSSR count). The van der Waals surface area contributed by atoms with E-state index in [0.29, 0.717) is 17.2 Å². The summed E-state index contributed by atoms with van der Waals surface area (Å²) in [6.07, 6.45) is 1.62. The summed E-state index contributed by atoms with van der Waals surface area (Å²) in [4.78, 5) is 16.0. The standard InChI is InChI=1S/C12H8FN3O/c13-7-3-4-9-8(6-7)12(17)16-10-2-1-5-14-11(10)15-9/h1-6H,(H,14,15)(H,16,17). The van der Waals surface area contributed by atoms with Crippen LogP contribution in [0.15, 0.2) is 36.5 Å². The molecule has 2 aromatic rings. The topological polar surface area (TPSA) is 54.0 Å². The van der Waals surface area contributed by atoms with E-state index < -0.39 is 5.82 Å². The molecule has 84 valence electrons. The summed E-state index contributed by atoms with van der Waals surface area (Å²) in [5.41, 5.74) is 1.39. The van der Waals surface area contributed by atoms with Crippen LogP contribution >= 0.6 is 0 Å². The van der Waals surface area contributed by atoms with Crippen LogP contribution in [0.4, 0.5) is 21.6 Å². The minimum Gasteiger partial charge on any atom is -0.338 e. The predicted octanol–water partition coefficient (Wildman–Crippen LogP) is 2.53. The second-order valence-electron chi connectivity index (χ2n) is 3.67. The number of nitrogens with one attached hydrogen (secondary N) is 2. The number of nitrogens with zero attached hydrogens (tertiary/aromatic N) is 1. The molecular formula is C12H8FN3O. The van der Waals surface area contributed by atoms with Gasteiger partial charge in [0.2, 0.25) is 0 Å². The molecule has 2 heterocycles. The molecule has 0 saturated heterocycles. The smallest absolute Gasteiger partial charge is 0.257 e. The number of hydrogen-bond donors (Lipinski definition) is 2. The molecule has 0 atom stereocenters. The van der Waals surface area contributed by atoms with Crippen molar-refractivity contribution in [2.75, 3.05) is 10.6 Å². The largest absolute Gasteiger partial charge is 0.338 e. The first-order valence-electron chi connectivity index (χ1n) is 5.07. The first kappa shape index (κ1) is 9.77. The van der Waals surface area contributed by atoms with Gasteiger partial charge in [-0.2, -0.15) is 0 Å². The second-order valence-corrected chi connectivity index (χ2v) is 3.67. The maximum Gasteiger partial charge on any atom is 0.257 e. The predicted molar refractivity (Wildman–Crippen MR) is 61.9 cm³/mol. The number of pyridine rings is 1. The molecule has 1 amide bonds. The summed E-state index contributed by atoms with van der Waals surface area (Å²) < 4.78 is 13.1. The van der Waals surface area contributed by atoms with E-state index in [-0.39, 0.29) is 11.5 Å². The van der Waals surface area contributed by atoms with E-state index in [0.717, 1.165) is 0 Å². The van der Waals surface area contributed by atoms with Gasteiger partial charge in [-0.1, -0.05) is 0 Å². The number of halogens is 1. The van der Waals surface area contributed by atoms with Crippen molar-refractivity contribution in [1.82, 2.24) is 4.98 Å². The Morgan fingerprint density at radius 1 is 1.12 bits per heavy atom. The molecule has 0 saturated carbocycles. The van der Waals surface area contributed by atoms with Crippen LogP contribution in [0, 0.1) is 5.82 Å². The van der Waals surface area contributed by atoms with E-state index in [4.69, 9.17) is 0 Å². The SMILES string of the molecule is O=C1Nc2cccnc2Nc2ccc(F)cc21. The number of amides is 1. The minimum atomic E-state index is -0.445. The quantitative estimate of drug-likeness (QED) is 0.729. The average molecular weight is 229 g/mol. The van der Waals surface area contributed by atoms with Gasteiger partial charge in [0.1, 0.15) is 5.82 Å². The summed E-state index contributed by atoms with van der Waals surface area (Å²) in [5, 5.41) is 5.67. The molecule has 2 N–H and O–H groups in total. The van der Waals surface area contributed by atoms with Gasteiger partial charge in [0.05, 0.1) is 16.9 Å². The van der Waals surface area contributed by atoms with Gasteiger partial charge in [-0.05, 0) is 30.3 Å². The average Bonchev–Trinajstić information content (AvgIpc) is 2.46. The number of carbonyl (C=O) groups is 1. The molecule has 1 aromatic heterocycles. The highest BCUT2D eigenvalue weighted by Crippen LogP contribution is 2.29. The van der Waals surface area contributed by atoms with Crippen LogP contribution in [0.5, 0.6) is 0 Å². The molecule has 0 aliphatic carbocycles. The van der Waals surface area contributed by atoms with Crippen LogP contribution < -0.4 is 10.6 Å². The lowest BCUT2D eigenvalue weighted by molar-refractivity contribution is 0.102. The number of rotatable bonds is 0. The van der Waals surface area contributed by atoms with Crippen LogP contribution in [0.1, 0.15) is 10.4 Å². The zero-order valence-electron chi connectivity index (χ0n) is 8.70. The van der Waals surface area contributed by atoms with Crippen LogP contribution in [0.2, 0.25) is 0 Å². The van der Waals surface area contributed by atoms with Crippen LogP contribution in [0.25, 0.3) is 0 Å². The summed E-state index contributed by atoms with van der Waals surface area (Å²) in [7, 11) is 0. The van der Waals surface area contributed by atoms with Gasteiger partial charge in [-0.25, -0.2) is 9.37 Å². The lowest BCUT2D eigenvalue weighted by Gasteiger charge is -2.06. The summed E-state index contributed by atoms with van der Waals surface area (Å²) in [5.74, 6) is -0.246. The van der Waals surface area contributed by atoms with Crippen LogP contribution in [-0.4, -0.2) is 10.9 Å². The van der Waals surface area contributed by atoms with Crippen molar-refractivity contribution in [2.24, 2.45) is 0 Å². The van der Waals surface area contributed by atoms with Crippen molar-refractivity contribution < 1.29 is 9.18 Å². The van der Waals surface area contributed by atoms with Gasteiger partial charge >= 0.3 is 0 Å². The molecule has 0 unspecified atom stereocenters. The second kappa shape index (κ2) is 3.55.